The van der Waals surface area contributed by atoms with Gasteiger partial charge in [-0.3, -0.25) is 0 Å². The largest absolute Gasteiger partial charge is 0.228 e. The third-order valence-corrected chi connectivity index (χ3v) is 11.5. The van der Waals surface area contributed by atoms with E-state index in [1.54, 1.807) is 0 Å². The molecular formula is C56H36N2. The van der Waals surface area contributed by atoms with Crippen molar-refractivity contribution in [2.45, 2.75) is 0 Å². The quantitative estimate of drug-likeness (QED) is 0.125. The summed E-state index contributed by atoms with van der Waals surface area (Å²) in [6.45, 7) is 0. The highest BCUT2D eigenvalue weighted by Crippen LogP contribution is 2.41. The average Bonchev–Trinajstić information content (AvgIpc) is 3.31. The normalized spacial score (nSPS) is 11.4. The highest BCUT2D eigenvalue weighted by atomic mass is 14.9. The van der Waals surface area contributed by atoms with Gasteiger partial charge in [0.2, 0.25) is 0 Å². The van der Waals surface area contributed by atoms with Gasteiger partial charge in [-0.05, 0) is 101 Å². The van der Waals surface area contributed by atoms with Crippen molar-refractivity contribution in [2.24, 2.45) is 0 Å². The molecule has 0 saturated heterocycles. The van der Waals surface area contributed by atoms with Crippen molar-refractivity contribution in [1.29, 1.82) is 0 Å². The minimum atomic E-state index is 0.687. The Kier molecular flexibility index (Phi) is 8.19. The zero-order valence-electron chi connectivity index (χ0n) is 31.7. The van der Waals surface area contributed by atoms with Crippen molar-refractivity contribution in [2.75, 3.05) is 0 Å². The molecule has 11 aromatic rings. The van der Waals surface area contributed by atoms with E-state index < -0.39 is 0 Å². The summed E-state index contributed by atoms with van der Waals surface area (Å²) in [4.78, 5) is 10.6. The first kappa shape index (κ1) is 33.6. The maximum atomic E-state index is 5.33. The van der Waals surface area contributed by atoms with E-state index in [9.17, 15) is 0 Å². The van der Waals surface area contributed by atoms with E-state index in [4.69, 9.17) is 9.97 Å². The number of benzene rings is 10. The van der Waals surface area contributed by atoms with E-state index in [0.29, 0.717) is 5.82 Å². The van der Waals surface area contributed by atoms with Gasteiger partial charge < -0.3 is 0 Å². The van der Waals surface area contributed by atoms with Crippen LogP contribution in [0.25, 0.3) is 110 Å². The monoisotopic (exact) mass is 736 g/mol. The van der Waals surface area contributed by atoms with Crippen molar-refractivity contribution in [1.82, 2.24) is 9.97 Å². The lowest BCUT2D eigenvalue weighted by Crippen LogP contribution is -1.97. The van der Waals surface area contributed by atoms with E-state index in [2.05, 4.69) is 218 Å². The Morgan fingerprint density at radius 2 is 0.828 bits per heavy atom. The van der Waals surface area contributed by atoms with E-state index in [1.807, 2.05) is 0 Å². The molecule has 0 aliphatic rings. The van der Waals surface area contributed by atoms with Gasteiger partial charge in [-0.15, -0.1) is 0 Å². The fourth-order valence-corrected chi connectivity index (χ4v) is 8.58. The molecule has 0 radical (unpaired) electrons. The van der Waals surface area contributed by atoms with Crippen LogP contribution in [0.3, 0.4) is 0 Å². The Morgan fingerprint density at radius 1 is 0.241 bits per heavy atom. The van der Waals surface area contributed by atoms with Gasteiger partial charge in [0, 0.05) is 16.7 Å². The van der Waals surface area contributed by atoms with Gasteiger partial charge in [-0.25, -0.2) is 9.97 Å². The number of fused-ring (bicyclic) bond motifs is 5. The predicted molar refractivity (Wildman–Crippen MR) is 245 cm³/mol. The summed E-state index contributed by atoms with van der Waals surface area (Å²) < 4.78 is 0. The molecule has 0 bridgehead atoms. The number of rotatable bonds is 6. The Balaban J connectivity index is 1.07. The van der Waals surface area contributed by atoms with Crippen LogP contribution in [0.5, 0.6) is 0 Å². The van der Waals surface area contributed by atoms with Gasteiger partial charge in [0.1, 0.15) is 0 Å². The van der Waals surface area contributed by atoms with Crippen LogP contribution < -0.4 is 0 Å². The predicted octanol–water partition coefficient (Wildman–Crippen LogP) is 15.1. The summed E-state index contributed by atoms with van der Waals surface area (Å²) in [7, 11) is 0. The summed E-state index contributed by atoms with van der Waals surface area (Å²) >= 11 is 0. The van der Waals surface area contributed by atoms with E-state index in [0.717, 1.165) is 50.3 Å². The van der Waals surface area contributed by atoms with Gasteiger partial charge in [0.15, 0.2) is 5.82 Å². The van der Waals surface area contributed by atoms with Crippen LogP contribution >= 0.6 is 0 Å². The van der Waals surface area contributed by atoms with Crippen LogP contribution in [0.2, 0.25) is 0 Å². The van der Waals surface area contributed by atoms with E-state index in [1.165, 1.54) is 54.2 Å². The SMILES string of the molecule is c1ccc(-c2ccccc2-c2cc(-c3cccc(-c4ccc5ccccc5c4)c3)nc(-c3ccc(-c4c5ccccc5cc5c4ccc4ccccc45)cc3)n2)cc1. The second-order valence-electron chi connectivity index (χ2n) is 14.9. The standard InChI is InChI=1S/C56H36N2/c1-2-14-38(15-3-1)47-21-10-11-24-50(47)54-36-53(46-20-12-19-43(34-46)44-30-25-37-13-4-5-17-42(37)33-44)57-56(58-54)41-28-26-40(27-29-41)55-49-23-9-7-18-45(49)35-52-48-22-8-6-16-39(48)31-32-51(52)55/h1-36H. The van der Waals surface area contributed by atoms with Gasteiger partial charge >= 0.3 is 0 Å². The molecule has 11 rings (SSSR count). The molecule has 0 atom stereocenters. The van der Waals surface area contributed by atoms with E-state index in [-0.39, 0.29) is 0 Å². The third kappa shape index (κ3) is 6.00. The number of nitrogens with zero attached hydrogens (tertiary/aromatic N) is 2. The Hall–Kier alpha value is -7.68. The molecular weight excluding hydrogens is 701 g/mol. The third-order valence-electron chi connectivity index (χ3n) is 11.5. The lowest BCUT2D eigenvalue weighted by atomic mass is 9.89. The van der Waals surface area contributed by atoms with Crippen LogP contribution in [-0.4, -0.2) is 9.97 Å². The molecule has 0 unspecified atom stereocenters. The van der Waals surface area contributed by atoms with Crippen LogP contribution in [0.4, 0.5) is 0 Å². The highest BCUT2D eigenvalue weighted by Gasteiger charge is 2.17. The van der Waals surface area contributed by atoms with Crippen LogP contribution in [0.1, 0.15) is 0 Å². The molecule has 270 valence electrons. The first-order chi connectivity index (χ1) is 28.7. The molecule has 0 spiro atoms. The Labute approximate surface area is 337 Å². The second kappa shape index (κ2) is 14.1. The van der Waals surface area contributed by atoms with Crippen molar-refractivity contribution in [3.63, 3.8) is 0 Å². The summed E-state index contributed by atoms with van der Waals surface area (Å²) in [6.07, 6.45) is 0. The lowest BCUT2D eigenvalue weighted by Gasteiger charge is -2.15. The topological polar surface area (TPSA) is 25.8 Å². The first-order valence-electron chi connectivity index (χ1n) is 19.8. The number of hydrogen-bond acceptors (Lipinski definition) is 2. The van der Waals surface area contributed by atoms with Gasteiger partial charge in [0.05, 0.1) is 11.4 Å². The summed E-state index contributed by atoms with van der Waals surface area (Å²) in [5.41, 5.74) is 11.8. The van der Waals surface area contributed by atoms with Crippen molar-refractivity contribution in [3.8, 4) is 67.3 Å². The average molecular weight is 737 g/mol. The molecule has 2 nitrogen and oxygen atoms in total. The highest BCUT2D eigenvalue weighted by molar-refractivity contribution is 6.20. The maximum absolute atomic E-state index is 5.33. The van der Waals surface area contributed by atoms with Crippen LogP contribution in [-0.2, 0) is 0 Å². The van der Waals surface area contributed by atoms with Gasteiger partial charge in [-0.1, -0.05) is 194 Å². The molecule has 58 heavy (non-hydrogen) atoms. The Bertz CT molecular complexity index is 3330. The minimum Gasteiger partial charge on any atom is -0.228 e. The second-order valence-corrected chi connectivity index (χ2v) is 14.9. The molecule has 0 N–H and O–H groups in total. The summed E-state index contributed by atoms with van der Waals surface area (Å²) in [6, 6.07) is 78.2. The molecule has 0 aliphatic heterocycles. The van der Waals surface area contributed by atoms with Crippen LogP contribution in [0, 0.1) is 0 Å². The lowest BCUT2D eigenvalue weighted by molar-refractivity contribution is 1.18. The van der Waals surface area contributed by atoms with Gasteiger partial charge in [-0.2, -0.15) is 0 Å². The van der Waals surface area contributed by atoms with Crippen molar-refractivity contribution >= 4 is 43.1 Å². The fraction of sp³-hybridized carbons (Fsp3) is 0. The first-order valence-corrected chi connectivity index (χ1v) is 19.8. The number of hydrogen-bond donors (Lipinski definition) is 0. The summed E-state index contributed by atoms with van der Waals surface area (Å²) in [5, 5.41) is 9.95. The maximum Gasteiger partial charge on any atom is 0.160 e. The zero-order chi connectivity index (χ0) is 38.4. The van der Waals surface area contributed by atoms with E-state index >= 15 is 0 Å². The zero-order valence-corrected chi connectivity index (χ0v) is 31.7. The molecule has 1 aromatic heterocycles. The molecule has 0 amide bonds. The molecule has 10 aromatic carbocycles. The number of aromatic nitrogens is 2. The summed E-state index contributed by atoms with van der Waals surface area (Å²) in [5.74, 6) is 0.687. The molecule has 0 saturated carbocycles. The minimum absolute atomic E-state index is 0.687. The van der Waals surface area contributed by atoms with Crippen LogP contribution in [0.15, 0.2) is 218 Å². The Morgan fingerprint density at radius 3 is 1.67 bits per heavy atom. The molecule has 0 aliphatic carbocycles. The fourth-order valence-electron chi connectivity index (χ4n) is 8.58. The molecule has 0 fully saturated rings. The van der Waals surface area contributed by atoms with Gasteiger partial charge in [0.25, 0.3) is 0 Å². The van der Waals surface area contributed by atoms with Crippen molar-refractivity contribution < 1.29 is 0 Å². The molecule has 2 heteroatoms. The van der Waals surface area contributed by atoms with Crippen molar-refractivity contribution in [3.05, 3.63) is 218 Å². The smallest absolute Gasteiger partial charge is 0.160 e. The molecule has 1 heterocycles.